The van der Waals surface area contributed by atoms with E-state index >= 15 is 0 Å². The Hall–Kier alpha value is -2.19. The number of aryl methyl sites for hydroxylation is 2. The summed E-state index contributed by atoms with van der Waals surface area (Å²) >= 11 is 1.42. The monoisotopic (exact) mass is 322 g/mol. The zero-order valence-electron chi connectivity index (χ0n) is 12.7. The van der Waals surface area contributed by atoms with Crippen LogP contribution in [0.4, 0.5) is 15.5 Å². The number of anilines is 2. The first-order valence-corrected chi connectivity index (χ1v) is 7.52. The number of rotatable bonds is 6. The number of thiazole rings is 1. The van der Waals surface area contributed by atoms with E-state index in [1.807, 2.05) is 13.8 Å². The molecular weight excluding hydrogens is 304 g/mol. The molecule has 0 atom stereocenters. The van der Waals surface area contributed by atoms with E-state index in [9.17, 15) is 4.79 Å². The molecular formula is C14H18N4O3S. The second-order valence-electron chi connectivity index (χ2n) is 4.49. The third kappa shape index (κ3) is 4.68. The zero-order chi connectivity index (χ0) is 15.9. The summed E-state index contributed by atoms with van der Waals surface area (Å²) in [6.07, 6.45) is 1.03. The molecule has 2 N–H and O–H groups in total. The van der Waals surface area contributed by atoms with Gasteiger partial charge in [0.15, 0.2) is 5.00 Å². The molecule has 0 aliphatic carbocycles. The average molecular weight is 322 g/mol. The van der Waals surface area contributed by atoms with Gasteiger partial charge in [-0.05, 0) is 26.0 Å². The third-order valence-corrected chi connectivity index (χ3v) is 3.54. The van der Waals surface area contributed by atoms with Crippen LogP contribution < -0.4 is 15.4 Å². The van der Waals surface area contributed by atoms with Gasteiger partial charge in [-0.3, -0.25) is 10.3 Å². The van der Waals surface area contributed by atoms with Crippen LogP contribution in [-0.4, -0.2) is 36.3 Å². The van der Waals surface area contributed by atoms with Gasteiger partial charge in [0, 0.05) is 31.2 Å². The largest absolute Gasteiger partial charge is 0.418 e. The summed E-state index contributed by atoms with van der Waals surface area (Å²) in [5.74, 6) is 0.266. The number of aromatic nitrogens is 2. The van der Waals surface area contributed by atoms with Gasteiger partial charge in [-0.2, -0.15) is 0 Å². The fourth-order valence-corrected chi connectivity index (χ4v) is 2.48. The molecule has 2 aromatic rings. The van der Waals surface area contributed by atoms with Gasteiger partial charge in [-0.15, -0.1) is 0 Å². The number of nitrogens with one attached hydrogen (secondary N) is 2. The lowest BCUT2D eigenvalue weighted by Gasteiger charge is -2.07. The molecule has 0 bridgehead atoms. The molecule has 0 aromatic carbocycles. The standard InChI is InChI=1S/C14H18N4O3S/c1-9-8-11(4-5-15-9)18-14(19)21-12-13(16-6-7-20-3)22-10(2)17-12/h4-5,8,16H,6-7H2,1-3H3,(H,15,18,19). The molecule has 0 aliphatic rings. The molecule has 2 heterocycles. The van der Waals surface area contributed by atoms with Crippen LogP contribution in [-0.2, 0) is 4.74 Å². The summed E-state index contributed by atoms with van der Waals surface area (Å²) < 4.78 is 10.2. The Morgan fingerprint density at radius 1 is 1.41 bits per heavy atom. The molecule has 0 saturated carbocycles. The first-order chi connectivity index (χ1) is 10.6. The molecule has 7 nitrogen and oxygen atoms in total. The maximum atomic E-state index is 11.9. The van der Waals surface area contributed by atoms with Crippen molar-refractivity contribution in [2.75, 3.05) is 30.9 Å². The van der Waals surface area contributed by atoms with Crippen LogP contribution in [0.1, 0.15) is 10.7 Å². The highest BCUT2D eigenvalue weighted by molar-refractivity contribution is 7.16. The molecule has 0 radical (unpaired) electrons. The van der Waals surface area contributed by atoms with E-state index in [0.717, 1.165) is 10.7 Å². The van der Waals surface area contributed by atoms with Gasteiger partial charge in [0.25, 0.3) is 5.88 Å². The van der Waals surface area contributed by atoms with Gasteiger partial charge in [0.05, 0.1) is 11.6 Å². The summed E-state index contributed by atoms with van der Waals surface area (Å²) in [6.45, 7) is 4.86. The fourth-order valence-electron chi connectivity index (χ4n) is 1.71. The smallest absolute Gasteiger partial charge is 0.388 e. The van der Waals surface area contributed by atoms with Gasteiger partial charge in [-0.25, -0.2) is 9.78 Å². The molecule has 0 aliphatic heterocycles. The Morgan fingerprint density at radius 3 is 2.95 bits per heavy atom. The first kappa shape index (κ1) is 16.2. The number of methoxy groups -OCH3 is 1. The number of ether oxygens (including phenoxy) is 2. The summed E-state index contributed by atoms with van der Waals surface area (Å²) in [5, 5.41) is 7.29. The lowest BCUT2D eigenvalue weighted by atomic mass is 10.3. The number of hydrogen-bond donors (Lipinski definition) is 2. The summed E-state index contributed by atoms with van der Waals surface area (Å²) in [6, 6.07) is 3.45. The van der Waals surface area contributed by atoms with Gasteiger partial charge in [-0.1, -0.05) is 11.3 Å². The van der Waals surface area contributed by atoms with Crippen LogP contribution in [0.25, 0.3) is 0 Å². The molecule has 2 aromatic heterocycles. The number of amides is 1. The molecule has 22 heavy (non-hydrogen) atoms. The highest BCUT2D eigenvalue weighted by Gasteiger charge is 2.14. The van der Waals surface area contributed by atoms with Gasteiger partial charge < -0.3 is 14.8 Å². The zero-order valence-corrected chi connectivity index (χ0v) is 13.5. The molecule has 8 heteroatoms. The first-order valence-electron chi connectivity index (χ1n) is 6.70. The number of hydrogen-bond acceptors (Lipinski definition) is 7. The predicted octanol–water partition coefficient (Wildman–Crippen LogP) is 2.82. The summed E-state index contributed by atoms with van der Waals surface area (Å²) in [4.78, 5) is 20.2. The minimum absolute atomic E-state index is 0.266. The summed E-state index contributed by atoms with van der Waals surface area (Å²) in [5.41, 5.74) is 1.43. The van der Waals surface area contributed by atoms with Crippen LogP contribution in [0.3, 0.4) is 0 Å². The van der Waals surface area contributed by atoms with Crippen molar-refractivity contribution in [3.8, 4) is 5.88 Å². The maximum Gasteiger partial charge on any atom is 0.418 e. The second kappa shape index (κ2) is 7.71. The van der Waals surface area contributed by atoms with Crippen LogP contribution in [0.15, 0.2) is 18.3 Å². The Kier molecular flexibility index (Phi) is 5.68. The van der Waals surface area contributed by atoms with Crippen molar-refractivity contribution >= 4 is 28.1 Å². The number of carbonyl (C=O) groups excluding carboxylic acids is 1. The van der Waals surface area contributed by atoms with Crippen LogP contribution >= 0.6 is 11.3 Å². The van der Waals surface area contributed by atoms with E-state index in [-0.39, 0.29) is 5.88 Å². The Labute approximate surface area is 132 Å². The van der Waals surface area contributed by atoms with Crippen molar-refractivity contribution < 1.29 is 14.3 Å². The predicted molar refractivity (Wildman–Crippen MR) is 85.8 cm³/mol. The van der Waals surface area contributed by atoms with E-state index in [4.69, 9.17) is 9.47 Å². The fraction of sp³-hybridized carbons (Fsp3) is 0.357. The second-order valence-corrected chi connectivity index (χ2v) is 5.69. The topological polar surface area (TPSA) is 85.4 Å². The number of carbonyl (C=O) groups is 1. The minimum atomic E-state index is -0.592. The van der Waals surface area contributed by atoms with Gasteiger partial charge >= 0.3 is 6.09 Å². The molecule has 118 valence electrons. The van der Waals surface area contributed by atoms with Gasteiger partial charge in [0.2, 0.25) is 0 Å². The summed E-state index contributed by atoms with van der Waals surface area (Å²) in [7, 11) is 1.63. The molecule has 2 rings (SSSR count). The maximum absolute atomic E-state index is 11.9. The van der Waals surface area contributed by atoms with Crippen molar-refractivity contribution in [1.29, 1.82) is 0 Å². The normalized spacial score (nSPS) is 10.3. The van der Waals surface area contributed by atoms with E-state index in [1.54, 1.807) is 25.4 Å². The lowest BCUT2D eigenvalue weighted by molar-refractivity contribution is 0.210. The average Bonchev–Trinajstić information content (AvgIpc) is 2.79. The van der Waals surface area contributed by atoms with E-state index in [2.05, 4.69) is 20.6 Å². The van der Waals surface area contributed by atoms with Crippen molar-refractivity contribution in [1.82, 2.24) is 9.97 Å². The minimum Gasteiger partial charge on any atom is -0.388 e. The highest BCUT2D eigenvalue weighted by Crippen LogP contribution is 2.30. The molecule has 0 spiro atoms. The van der Waals surface area contributed by atoms with Gasteiger partial charge in [0.1, 0.15) is 0 Å². The number of pyridine rings is 1. The quantitative estimate of drug-likeness (QED) is 0.796. The third-order valence-electron chi connectivity index (χ3n) is 2.63. The van der Waals surface area contributed by atoms with E-state index in [1.165, 1.54) is 11.3 Å². The Balaban J connectivity index is 1.98. The van der Waals surface area contributed by atoms with Crippen LogP contribution in [0, 0.1) is 13.8 Å². The Bertz CT molecular complexity index is 645. The van der Waals surface area contributed by atoms with Crippen molar-refractivity contribution in [2.24, 2.45) is 0 Å². The Morgan fingerprint density at radius 2 is 2.23 bits per heavy atom. The van der Waals surface area contributed by atoms with Crippen molar-refractivity contribution in [2.45, 2.75) is 13.8 Å². The van der Waals surface area contributed by atoms with E-state index < -0.39 is 6.09 Å². The molecule has 0 saturated heterocycles. The van der Waals surface area contributed by atoms with Crippen LogP contribution in [0.2, 0.25) is 0 Å². The van der Waals surface area contributed by atoms with Crippen molar-refractivity contribution in [3.05, 3.63) is 29.0 Å². The lowest BCUT2D eigenvalue weighted by Crippen LogP contribution is -2.18. The molecule has 0 unspecified atom stereocenters. The van der Waals surface area contributed by atoms with Crippen LogP contribution in [0.5, 0.6) is 5.88 Å². The molecule has 1 amide bonds. The number of nitrogens with zero attached hydrogens (tertiary/aromatic N) is 2. The SMILES string of the molecule is COCCNc1sc(C)nc1OC(=O)Nc1ccnc(C)c1. The molecule has 0 fully saturated rings. The van der Waals surface area contributed by atoms with Crippen molar-refractivity contribution in [3.63, 3.8) is 0 Å². The highest BCUT2D eigenvalue weighted by atomic mass is 32.1. The van der Waals surface area contributed by atoms with E-state index in [0.29, 0.717) is 23.8 Å².